The van der Waals surface area contributed by atoms with Gasteiger partial charge in [-0.3, -0.25) is 0 Å². The molecule has 0 amide bonds. The quantitative estimate of drug-likeness (QED) is 0.801. The van der Waals surface area contributed by atoms with Crippen molar-refractivity contribution in [1.29, 1.82) is 0 Å². The first-order valence-corrected chi connectivity index (χ1v) is 4.28. The van der Waals surface area contributed by atoms with Crippen LogP contribution >= 0.6 is 0 Å². The summed E-state index contributed by atoms with van der Waals surface area (Å²) in [4.78, 5) is 0. The monoisotopic (exact) mass is 197 g/mol. The topological polar surface area (TPSA) is 39.2 Å². The summed E-state index contributed by atoms with van der Waals surface area (Å²) < 4.78 is 31.5. The minimum Gasteiger partial charge on any atom is -0.464 e. The van der Waals surface area contributed by atoms with Crippen molar-refractivity contribution in [3.05, 3.63) is 35.6 Å². The molecule has 2 aromatic rings. The number of fused-ring (bicyclic) bond motifs is 1. The van der Waals surface area contributed by atoms with Crippen molar-refractivity contribution >= 4 is 11.0 Å². The summed E-state index contributed by atoms with van der Waals surface area (Å²) in [5.74, 6) is -1.21. The first-order chi connectivity index (χ1) is 6.74. The van der Waals surface area contributed by atoms with Crippen LogP contribution in [0, 0.1) is 11.6 Å². The van der Waals surface area contributed by atoms with Gasteiger partial charge in [-0.15, -0.1) is 0 Å². The number of furan rings is 1. The zero-order valence-corrected chi connectivity index (χ0v) is 7.39. The number of rotatable bonds is 2. The normalized spacial score (nSPS) is 11.1. The van der Waals surface area contributed by atoms with E-state index in [-0.39, 0.29) is 5.58 Å². The number of hydrogen-bond donors (Lipinski definition) is 1. The van der Waals surface area contributed by atoms with E-state index in [1.165, 1.54) is 12.3 Å². The summed E-state index contributed by atoms with van der Waals surface area (Å²) in [7, 11) is 0. The van der Waals surface area contributed by atoms with Gasteiger partial charge in [-0.2, -0.15) is 0 Å². The molecule has 0 radical (unpaired) electrons. The molecule has 1 aromatic heterocycles. The van der Waals surface area contributed by atoms with E-state index in [2.05, 4.69) is 0 Å². The third-order valence-corrected chi connectivity index (χ3v) is 2.13. The molecule has 0 bridgehead atoms. The fraction of sp³-hybridized carbons (Fsp3) is 0.200. The number of hydrogen-bond acceptors (Lipinski definition) is 2. The second-order valence-corrected chi connectivity index (χ2v) is 3.02. The van der Waals surface area contributed by atoms with Crippen molar-refractivity contribution in [2.45, 2.75) is 6.42 Å². The SMILES string of the molecule is NCCc1c(F)cc(F)c2ccoc12. The fourth-order valence-electron chi connectivity index (χ4n) is 1.49. The first-order valence-electron chi connectivity index (χ1n) is 4.28. The molecule has 0 aliphatic carbocycles. The van der Waals surface area contributed by atoms with Crippen LogP contribution in [0.1, 0.15) is 5.56 Å². The summed E-state index contributed by atoms with van der Waals surface area (Å²) >= 11 is 0. The Morgan fingerprint density at radius 3 is 2.79 bits per heavy atom. The van der Waals surface area contributed by atoms with E-state index in [9.17, 15) is 8.78 Å². The zero-order chi connectivity index (χ0) is 10.1. The standard InChI is InChI=1S/C10H9F2NO/c11-8-5-9(12)7-2-4-14-10(7)6(8)1-3-13/h2,4-5H,1,3,13H2. The van der Waals surface area contributed by atoms with Gasteiger partial charge in [0.25, 0.3) is 0 Å². The van der Waals surface area contributed by atoms with E-state index in [0.717, 1.165) is 6.07 Å². The van der Waals surface area contributed by atoms with Gasteiger partial charge >= 0.3 is 0 Å². The Hall–Kier alpha value is -1.42. The predicted molar refractivity (Wildman–Crippen MR) is 48.9 cm³/mol. The van der Waals surface area contributed by atoms with Crippen LogP contribution in [-0.2, 0) is 6.42 Å². The van der Waals surface area contributed by atoms with Gasteiger partial charge in [0.2, 0.25) is 0 Å². The molecule has 0 saturated heterocycles. The molecule has 1 aromatic carbocycles. The highest BCUT2D eigenvalue weighted by atomic mass is 19.1. The molecule has 74 valence electrons. The van der Waals surface area contributed by atoms with E-state index in [0.29, 0.717) is 23.9 Å². The van der Waals surface area contributed by atoms with Gasteiger partial charge in [-0.05, 0) is 19.0 Å². The van der Waals surface area contributed by atoms with Gasteiger partial charge in [-0.25, -0.2) is 8.78 Å². The maximum Gasteiger partial charge on any atom is 0.142 e. The number of halogens is 2. The van der Waals surface area contributed by atoms with E-state index >= 15 is 0 Å². The van der Waals surface area contributed by atoms with E-state index in [1.54, 1.807) is 0 Å². The van der Waals surface area contributed by atoms with E-state index in [4.69, 9.17) is 10.2 Å². The molecule has 2 rings (SSSR count). The summed E-state index contributed by atoms with van der Waals surface area (Å²) in [6.07, 6.45) is 1.68. The highest BCUT2D eigenvalue weighted by molar-refractivity contribution is 5.81. The molecule has 2 N–H and O–H groups in total. The molecule has 14 heavy (non-hydrogen) atoms. The zero-order valence-electron chi connectivity index (χ0n) is 7.39. The lowest BCUT2D eigenvalue weighted by Crippen LogP contribution is -2.05. The molecule has 1 heterocycles. The summed E-state index contributed by atoms with van der Waals surface area (Å²) in [6.45, 7) is 0.304. The highest BCUT2D eigenvalue weighted by Crippen LogP contribution is 2.25. The van der Waals surface area contributed by atoms with E-state index < -0.39 is 11.6 Å². The lowest BCUT2D eigenvalue weighted by molar-refractivity contribution is 0.562. The number of nitrogens with two attached hydrogens (primary N) is 1. The predicted octanol–water partition coefficient (Wildman–Crippen LogP) is 2.21. The summed E-state index contributed by atoms with van der Waals surface area (Å²) in [5.41, 5.74) is 5.92. The molecule has 0 aliphatic heterocycles. The van der Waals surface area contributed by atoms with Crippen LogP contribution < -0.4 is 5.73 Å². The number of benzene rings is 1. The lowest BCUT2D eigenvalue weighted by Gasteiger charge is -2.02. The maximum atomic E-state index is 13.3. The average molecular weight is 197 g/mol. The minimum atomic E-state index is -0.605. The van der Waals surface area contributed by atoms with Crippen LogP contribution in [0.4, 0.5) is 8.78 Å². The molecule has 0 atom stereocenters. The van der Waals surface area contributed by atoms with Crippen molar-refractivity contribution in [2.24, 2.45) is 5.73 Å². The molecule has 2 nitrogen and oxygen atoms in total. The average Bonchev–Trinajstić information content (AvgIpc) is 2.60. The largest absolute Gasteiger partial charge is 0.464 e. The van der Waals surface area contributed by atoms with Crippen molar-refractivity contribution < 1.29 is 13.2 Å². The van der Waals surface area contributed by atoms with Gasteiger partial charge in [-0.1, -0.05) is 0 Å². The molecular formula is C10H9F2NO. The van der Waals surface area contributed by atoms with Crippen LogP contribution in [0.5, 0.6) is 0 Å². The first kappa shape index (κ1) is 9.15. The highest BCUT2D eigenvalue weighted by Gasteiger charge is 2.13. The molecule has 0 unspecified atom stereocenters. The third-order valence-electron chi connectivity index (χ3n) is 2.13. The fourth-order valence-corrected chi connectivity index (χ4v) is 1.49. The van der Waals surface area contributed by atoms with E-state index in [1.807, 2.05) is 0 Å². The van der Waals surface area contributed by atoms with Crippen molar-refractivity contribution in [3.63, 3.8) is 0 Å². The maximum absolute atomic E-state index is 13.3. The summed E-state index contributed by atoms with van der Waals surface area (Å²) in [5, 5.41) is 0.301. The molecule has 0 fully saturated rings. The Kier molecular flexibility index (Phi) is 2.21. The Morgan fingerprint density at radius 2 is 2.07 bits per heavy atom. The Balaban J connectivity index is 2.73. The van der Waals surface area contributed by atoms with Gasteiger partial charge < -0.3 is 10.2 Å². The van der Waals surface area contributed by atoms with Crippen molar-refractivity contribution in [3.8, 4) is 0 Å². The second kappa shape index (κ2) is 3.38. The van der Waals surface area contributed by atoms with Gasteiger partial charge in [0.05, 0.1) is 11.6 Å². The molecular weight excluding hydrogens is 188 g/mol. The lowest BCUT2D eigenvalue weighted by atomic mass is 10.1. The van der Waals surface area contributed by atoms with Crippen LogP contribution in [0.3, 0.4) is 0 Å². The van der Waals surface area contributed by atoms with Gasteiger partial charge in [0.1, 0.15) is 17.2 Å². The third kappa shape index (κ3) is 1.28. The van der Waals surface area contributed by atoms with Crippen LogP contribution in [0.25, 0.3) is 11.0 Å². The van der Waals surface area contributed by atoms with Crippen LogP contribution in [0.2, 0.25) is 0 Å². The van der Waals surface area contributed by atoms with Gasteiger partial charge in [0.15, 0.2) is 0 Å². The van der Waals surface area contributed by atoms with Gasteiger partial charge in [0, 0.05) is 11.6 Å². The molecule has 0 saturated carbocycles. The summed E-state index contributed by atoms with van der Waals surface area (Å²) in [6, 6.07) is 2.34. The second-order valence-electron chi connectivity index (χ2n) is 3.02. The molecule has 0 spiro atoms. The molecule has 4 heteroatoms. The Labute approximate surface area is 79.3 Å². The van der Waals surface area contributed by atoms with Crippen molar-refractivity contribution in [2.75, 3.05) is 6.54 Å². The van der Waals surface area contributed by atoms with Crippen LogP contribution in [0.15, 0.2) is 22.8 Å². The smallest absolute Gasteiger partial charge is 0.142 e. The molecule has 0 aliphatic rings. The Morgan fingerprint density at radius 1 is 1.29 bits per heavy atom. The van der Waals surface area contributed by atoms with Crippen molar-refractivity contribution in [1.82, 2.24) is 0 Å². The Bertz CT molecular complexity index is 464. The van der Waals surface area contributed by atoms with Crippen LogP contribution in [-0.4, -0.2) is 6.54 Å². The minimum absolute atomic E-state index is 0.257.